The SMILES string of the molecule is CC1CCC(CN2CCN(C)CC2)C1. The van der Waals surface area contributed by atoms with Gasteiger partial charge in [-0.15, -0.1) is 0 Å². The summed E-state index contributed by atoms with van der Waals surface area (Å²) in [4.78, 5) is 5.11. The van der Waals surface area contributed by atoms with E-state index in [0.717, 1.165) is 11.8 Å². The van der Waals surface area contributed by atoms with Crippen molar-refractivity contribution in [1.82, 2.24) is 9.80 Å². The smallest absolute Gasteiger partial charge is 0.0110 e. The predicted octanol–water partition coefficient (Wildman–Crippen LogP) is 1.67. The molecule has 1 aliphatic carbocycles. The van der Waals surface area contributed by atoms with Crippen LogP contribution in [-0.4, -0.2) is 49.6 Å². The van der Waals surface area contributed by atoms with Crippen LogP contribution in [-0.2, 0) is 0 Å². The Morgan fingerprint density at radius 3 is 2.36 bits per heavy atom. The Morgan fingerprint density at radius 2 is 1.79 bits per heavy atom. The highest BCUT2D eigenvalue weighted by atomic mass is 15.2. The van der Waals surface area contributed by atoms with Gasteiger partial charge in [-0.05, 0) is 31.7 Å². The number of hydrogen-bond acceptors (Lipinski definition) is 2. The molecule has 0 aromatic carbocycles. The first-order chi connectivity index (χ1) is 6.74. The molecule has 1 heterocycles. The third kappa shape index (κ3) is 2.71. The standard InChI is InChI=1S/C12H24N2/c1-11-3-4-12(9-11)10-14-7-5-13(2)6-8-14/h11-12H,3-10H2,1-2H3. The van der Waals surface area contributed by atoms with Crippen molar-refractivity contribution in [2.45, 2.75) is 26.2 Å². The molecule has 1 aliphatic heterocycles. The summed E-state index contributed by atoms with van der Waals surface area (Å²) in [6, 6.07) is 0. The molecule has 2 aliphatic rings. The molecule has 2 fully saturated rings. The van der Waals surface area contributed by atoms with Crippen molar-refractivity contribution in [3.8, 4) is 0 Å². The van der Waals surface area contributed by atoms with Crippen LogP contribution < -0.4 is 0 Å². The zero-order valence-corrected chi connectivity index (χ0v) is 9.71. The Bertz CT molecular complexity index is 173. The molecular weight excluding hydrogens is 172 g/mol. The molecule has 0 spiro atoms. The number of nitrogens with zero attached hydrogens (tertiary/aromatic N) is 2. The fourth-order valence-corrected chi connectivity index (χ4v) is 2.89. The van der Waals surface area contributed by atoms with Crippen molar-refractivity contribution >= 4 is 0 Å². The third-order valence-electron chi connectivity index (χ3n) is 3.92. The zero-order chi connectivity index (χ0) is 9.97. The molecule has 0 N–H and O–H groups in total. The molecule has 0 aromatic heterocycles. The quantitative estimate of drug-likeness (QED) is 0.663. The Kier molecular flexibility index (Phi) is 3.45. The highest BCUT2D eigenvalue weighted by molar-refractivity contribution is 4.78. The fraction of sp³-hybridized carbons (Fsp3) is 1.00. The van der Waals surface area contributed by atoms with Crippen molar-refractivity contribution in [1.29, 1.82) is 0 Å². The highest BCUT2D eigenvalue weighted by Crippen LogP contribution is 2.30. The third-order valence-corrected chi connectivity index (χ3v) is 3.92. The summed E-state index contributed by atoms with van der Waals surface area (Å²) in [5, 5.41) is 0. The van der Waals surface area contributed by atoms with E-state index in [1.807, 2.05) is 0 Å². The van der Waals surface area contributed by atoms with Gasteiger partial charge in [-0.3, -0.25) is 0 Å². The van der Waals surface area contributed by atoms with Crippen molar-refractivity contribution in [3.05, 3.63) is 0 Å². The molecule has 1 saturated heterocycles. The summed E-state index contributed by atoms with van der Waals surface area (Å²) in [5.74, 6) is 2.00. The Balaban J connectivity index is 1.70. The minimum atomic E-state index is 0.993. The summed E-state index contributed by atoms with van der Waals surface area (Å²) in [6.07, 6.45) is 4.43. The van der Waals surface area contributed by atoms with E-state index in [4.69, 9.17) is 0 Å². The summed E-state index contributed by atoms with van der Waals surface area (Å²) in [6.45, 7) is 8.90. The van der Waals surface area contributed by atoms with Gasteiger partial charge in [0.05, 0.1) is 0 Å². The zero-order valence-electron chi connectivity index (χ0n) is 9.71. The number of hydrogen-bond donors (Lipinski definition) is 0. The largest absolute Gasteiger partial charge is 0.304 e. The summed E-state index contributed by atoms with van der Waals surface area (Å²) in [5.41, 5.74) is 0. The molecule has 1 saturated carbocycles. The molecule has 0 bridgehead atoms. The van der Waals surface area contributed by atoms with Crippen LogP contribution in [0.2, 0.25) is 0 Å². The lowest BCUT2D eigenvalue weighted by atomic mass is 10.1. The maximum Gasteiger partial charge on any atom is 0.0110 e. The topological polar surface area (TPSA) is 6.48 Å². The van der Waals surface area contributed by atoms with Crippen LogP contribution >= 0.6 is 0 Å². The fourth-order valence-electron chi connectivity index (χ4n) is 2.89. The maximum absolute atomic E-state index is 2.67. The minimum Gasteiger partial charge on any atom is -0.304 e. The minimum absolute atomic E-state index is 0.993. The Labute approximate surface area is 88.3 Å². The number of likely N-dealkylation sites (N-methyl/N-ethyl adjacent to an activating group) is 1. The second kappa shape index (κ2) is 4.63. The van der Waals surface area contributed by atoms with Gasteiger partial charge in [0.15, 0.2) is 0 Å². The van der Waals surface area contributed by atoms with Gasteiger partial charge in [-0.25, -0.2) is 0 Å². The van der Waals surface area contributed by atoms with E-state index < -0.39 is 0 Å². The summed E-state index contributed by atoms with van der Waals surface area (Å²) < 4.78 is 0. The molecule has 14 heavy (non-hydrogen) atoms. The van der Waals surface area contributed by atoms with Crippen LogP contribution in [0.1, 0.15) is 26.2 Å². The van der Waals surface area contributed by atoms with Gasteiger partial charge in [0, 0.05) is 32.7 Å². The average molecular weight is 196 g/mol. The molecule has 0 radical (unpaired) electrons. The number of rotatable bonds is 2. The summed E-state index contributed by atoms with van der Waals surface area (Å²) >= 11 is 0. The molecule has 2 rings (SSSR count). The highest BCUT2D eigenvalue weighted by Gasteiger charge is 2.24. The molecule has 2 heteroatoms. The monoisotopic (exact) mass is 196 g/mol. The lowest BCUT2D eigenvalue weighted by molar-refractivity contribution is 0.136. The van der Waals surface area contributed by atoms with E-state index in [1.165, 1.54) is 52.0 Å². The van der Waals surface area contributed by atoms with Crippen molar-refractivity contribution < 1.29 is 0 Å². The van der Waals surface area contributed by atoms with E-state index in [9.17, 15) is 0 Å². The van der Waals surface area contributed by atoms with Gasteiger partial charge in [-0.2, -0.15) is 0 Å². The first-order valence-electron chi connectivity index (χ1n) is 6.15. The molecule has 0 amide bonds. The van der Waals surface area contributed by atoms with Crippen molar-refractivity contribution in [2.75, 3.05) is 39.8 Å². The van der Waals surface area contributed by atoms with Crippen molar-refractivity contribution in [3.63, 3.8) is 0 Å². The molecule has 82 valence electrons. The van der Waals surface area contributed by atoms with Crippen LogP contribution in [0.25, 0.3) is 0 Å². The van der Waals surface area contributed by atoms with Crippen LogP contribution in [0, 0.1) is 11.8 Å². The van der Waals surface area contributed by atoms with E-state index in [2.05, 4.69) is 23.8 Å². The Hall–Kier alpha value is -0.0800. The summed E-state index contributed by atoms with van der Waals surface area (Å²) in [7, 11) is 2.23. The van der Waals surface area contributed by atoms with E-state index in [1.54, 1.807) is 0 Å². The maximum atomic E-state index is 2.67. The van der Waals surface area contributed by atoms with Gasteiger partial charge >= 0.3 is 0 Å². The first-order valence-corrected chi connectivity index (χ1v) is 6.15. The van der Waals surface area contributed by atoms with E-state index in [0.29, 0.717) is 0 Å². The molecule has 2 nitrogen and oxygen atoms in total. The molecule has 2 unspecified atom stereocenters. The van der Waals surface area contributed by atoms with E-state index in [-0.39, 0.29) is 0 Å². The second-order valence-electron chi connectivity index (χ2n) is 5.39. The molecular formula is C12H24N2. The first kappa shape index (κ1) is 10.4. The van der Waals surface area contributed by atoms with Gasteiger partial charge in [0.25, 0.3) is 0 Å². The lowest BCUT2D eigenvalue weighted by Gasteiger charge is -2.33. The van der Waals surface area contributed by atoms with Crippen LogP contribution in [0.15, 0.2) is 0 Å². The normalized spacial score (nSPS) is 36.4. The lowest BCUT2D eigenvalue weighted by Crippen LogP contribution is -2.45. The van der Waals surface area contributed by atoms with Crippen LogP contribution in [0.4, 0.5) is 0 Å². The predicted molar refractivity (Wildman–Crippen MR) is 60.4 cm³/mol. The van der Waals surface area contributed by atoms with Gasteiger partial charge in [0.1, 0.15) is 0 Å². The van der Waals surface area contributed by atoms with Crippen LogP contribution in [0.5, 0.6) is 0 Å². The molecule has 2 atom stereocenters. The van der Waals surface area contributed by atoms with Crippen molar-refractivity contribution in [2.24, 2.45) is 11.8 Å². The number of piperazine rings is 1. The second-order valence-corrected chi connectivity index (χ2v) is 5.39. The van der Waals surface area contributed by atoms with Gasteiger partial charge < -0.3 is 9.80 Å². The Morgan fingerprint density at radius 1 is 1.07 bits per heavy atom. The molecule has 0 aromatic rings. The van der Waals surface area contributed by atoms with Gasteiger partial charge in [-0.1, -0.05) is 13.3 Å². The average Bonchev–Trinajstić information content (AvgIpc) is 2.56. The van der Waals surface area contributed by atoms with E-state index >= 15 is 0 Å². The van der Waals surface area contributed by atoms with Gasteiger partial charge in [0.2, 0.25) is 0 Å². The van der Waals surface area contributed by atoms with Crippen LogP contribution in [0.3, 0.4) is 0 Å².